The minimum absolute atomic E-state index is 0.0458. The van der Waals surface area contributed by atoms with Crippen LogP contribution in [-0.4, -0.2) is 34.5 Å². The number of nitrogens with zero attached hydrogens (tertiary/aromatic N) is 1. The molecule has 19 heavy (non-hydrogen) atoms. The number of amides is 1. The Morgan fingerprint density at radius 1 is 1.32 bits per heavy atom. The zero-order valence-electron chi connectivity index (χ0n) is 10.4. The summed E-state index contributed by atoms with van der Waals surface area (Å²) in [7, 11) is 0. The van der Waals surface area contributed by atoms with Crippen molar-refractivity contribution in [3.63, 3.8) is 0 Å². The molecule has 1 aromatic heterocycles. The van der Waals surface area contributed by atoms with E-state index in [-0.39, 0.29) is 18.2 Å². The van der Waals surface area contributed by atoms with Gasteiger partial charge in [-0.3, -0.25) is 9.59 Å². The number of hydrogen-bond donors (Lipinski definition) is 1. The number of carboxylic acids is 1. The lowest BCUT2D eigenvalue weighted by molar-refractivity contribution is -0.138. The summed E-state index contributed by atoms with van der Waals surface area (Å²) < 4.78 is 4.65. The van der Waals surface area contributed by atoms with E-state index in [1.165, 1.54) is 11.0 Å². The molecular formula is C13H15NO5. The Bertz CT molecular complexity index is 510. The van der Waals surface area contributed by atoms with E-state index in [4.69, 9.17) is 5.11 Å². The molecule has 1 amide bonds. The fourth-order valence-corrected chi connectivity index (χ4v) is 2.37. The van der Waals surface area contributed by atoms with Gasteiger partial charge in [0.2, 0.25) is 0 Å². The Morgan fingerprint density at radius 2 is 2.00 bits per heavy atom. The molecule has 1 N–H and O–H groups in total. The summed E-state index contributed by atoms with van der Waals surface area (Å²) in [6.07, 6.45) is 4.70. The van der Waals surface area contributed by atoms with Crippen LogP contribution in [0.5, 0.6) is 0 Å². The highest BCUT2D eigenvalue weighted by atomic mass is 16.4. The first-order chi connectivity index (χ1) is 9.08. The average Bonchev–Trinajstić information content (AvgIpc) is 2.89. The first kappa shape index (κ1) is 13.3. The van der Waals surface area contributed by atoms with Gasteiger partial charge in [-0.25, -0.2) is 4.79 Å². The van der Waals surface area contributed by atoms with E-state index in [0.29, 0.717) is 0 Å². The summed E-state index contributed by atoms with van der Waals surface area (Å²) in [5.74, 6) is -1.45. The second-order valence-corrected chi connectivity index (χ2v) is 4.61. The van der Waals surface area contributed by atoms with E-state index in [9.17, 15) is 14.4 Å². The van der Waals surface area contributed by atoms with Gasteiger partial charge in [-0.05, 0) is 18.9 Å². The number of carboxylic acid groups (broad SMARTS) is 1. The molecule has 0 spiro atoms. The zero-order chi connectivity index (χ0) is 13.8. The Morgan fingerprint density at radius 3 is 2.53 bits per heavy atom. The number of carbonyl (C=O) groups is 2. The maximum atomic E-state index is 12.3. The van der Waals surface area contributed by atoms with Crippen LogP contribution in [0.25, 0.3) is 0 Å². The quantitative estimate of drug-likeness (QED) is 0.881. The highest BCUT2D eigenvalue weighted by Crippen LogP contribution is 2.24. The van der Waals surface area contributed by atoms with E-state index >= 15 is 0 Å². The highest BCUT2D eigenvalue weighted by Gasteiger charge is 2.29. The molecule has 0 saturated heterocycles. The Hall–Kier alpha value is -2.11. The molecule has 0 unspecified atom stereocenters. The zero-order valence-corrected chi connectivity index (χ0v) is 10.4. The van der Waals surface area contributed by atoms with Crippen molar-refractivity contribution in [3.05, 3.63) is 34.4 Å². The summed E-state index contributed by atoms with van der Waals surface area (Å²) >= 11 is 0. The van der Waals surface area contributed by atoms with Crippen molar-refractivity contribution in [2.45, 2.75) is 31.7 Å². The molecule has 6 heteroatoms. The molecule has 0 atom stereocenters. The summed E-state index contributed by atoms with van der Waals surface area (Å²) in [6, 6.07) is 2.47. The highest BCUT2D eigenvalue weighted by molar-refractivity contribution is 5.95. The van der Waals surface area contributed by atoms with Crippen LogP contribution in [0.15, 0.2) is 27.6 Å². The van der Waals surface area contributed by atoms with Crippen LogP contribution in [-0.2, 0) is 4.79 Å². The normalized spacial score (nSPS) is 15.4. The lowest BCUT2D eigenvalue weighted by atomic mass is 10.1. The summed E-state index contributed by atoms with van der Waals surface area (Å²) in [5, 5.41) is 8.92. The van der Waals surface area contributed by atoms with E-state index in [0.717, 1.165) is 38.0 Å². The van der Waals surface area contributed by atoms with Crippen molar-refractivity contribution in [3.8, 4) is 0 Å². The summed E-state index contributed by atoms with van der Waals surface area (Å²) in [6.45, 7) is -0.331. The molecule has 2 rings (SSSR count). The topological polar surface area (TPSA) is 87.8 Å². The van der Waals surface area contributed by atoms with Crippen LogP contribution in [0.1, 0.15) is 36.0 Å². The molecular weight excluding hydrogens is 250 g/mol. The minimum Gasteiger partial charge on any atom is -0.480 e. The van der Waals surface area contributed by atoms with Crippen molar-refractivity contribution in [2.75, 3.05) is 6.54 Å². The summed E-state index contributed by atoms with van der Waals surface area (Å²) in [4.78, 5) is 35.4. The molecule has 0 aromatic carbocycles. The second-order valence-electron chi connectivity index (χ2n) is 4.61. The predicted molar refractivity (Wildman–Crippen MR) is 65.9 cm³/mol. The van der Waals surface area contributed by atoms with Gasteiger partial charge in [-0.15, -0.1) is 0 Å². The van der Waals surface area contributed by atoms with E-state index < -0.39 is 17.5 Å². The average molecular weight is 265 g/mol. The fraction of sp³-hybridized carbons (Fsp3) is 0.462. The second kappa shape index (κ2) is 5.69. The molecule has 1 fully saturated rings. The van der Waals surface area contributed by atoms with Gasteiger partial charge in [0.1, 0.15) is 12.8 Å². The van der Waals surface area contributed by atoms with Gasteiger partial charge in [0, 0.05) is 12.1 Å². The number of rotatable bonds is 4. The van der Waals surface area contributed by atoms with Crippen molar-refractivity contribution >= 4 is 11.9 Å². The first-order valence-electron chi connectivity index (χ1n) is 6.19. The van der Waals surface area contributed by atoms with E-state index in [1.54, 1.807) is 0 Å². The third-order valence-electron chi connectivity index (χ3n) is 3.28. The third kappa shape index (κ3) is 3.21. The number of aliphatic carboxylic acids is 1. The molecule has 1 saturated carbocycles. The van der Waals surface area contributed by atoms with Crippen molar-refractivity contribution < 1.29 is 19.1 Å². The van der Waals surface area contributed by atoms with Crippen molar-refractivity contribution in [1.29, 1.82) is 0 Å². The van der Waals surface area contributed by atoms with Crippen LogP contribution in [0.4, 0.5) is 0 Å². The van der Waals surface area contributed by atoms with Crippen LogP contribution < -0.4 is 5.63 Å². The molecule has 1 aromatic rings. The van der Waals surface area contributed by atoms with Crippen molar-refractivity contribution in [2.24, 2.45) is 0 Å². The minimum atomic E-state index is -1.04. The van der Waals surface area contributed by atoms with Crippen LogP contribution >= 0.6 is 0 Å². The predicted octanol–water partition coefficient (Wildman–Crippen LogP) is 1.11. The van der Waals surface area contributed by atoms with Gasteiger partial charge in [0.25, 0.3) is 5.91 Å². The molecule has 102 valence electrons. The van der Waals surface area contributed by atoms with E-state index in [1.807, 2.05) is 0 Å². The number of hydrogen-bond acceptors (Lipinski definition) is 4. The lowest BCUT2D eigenvalue weighted by Crippen LogP contribution is -2.42. The molecule has 6 nitrogen and oxygen atoms in total. The van der Waals surface area contributed by atoms with Gasteiger partial charge < -0.3 is 14.4 Å². The van der Waals surface area contributed by atoms with Crippen LogP contribution in [0, 0.1) is 0 Å². The molecule has 0 aliphatic heterocycles. The first-order valence-corrected chi connectivity index (χ1v) is 6.19. The van der Waals surface area contributed by atoms with Gasteiger partial charge in [0.05, 0.1) is 5.56 Å². The van der Waals surface area contributed by atoms with Gasteiger partial charge in [-0.2, -0.15) is 0 Å². The van der Waals surface area contributed by atoms with Crippen molar-refractivity contribution in [1.82, 2.24) is 4.90 Å². The maximum absolute atomic E-state index is 12.3. The molecule has 1 heterocycles. The largest absolute Gasteiger partial charge is 0.480 e. The molecule has 0 radical (unpaired) electrons. The third-order valence-corrected chi connectivity index (χ3v) is 3.28. The SMILES string of the molecule is O=C(O)CN(C(=O)c1ccc(=O)oc1)C1CCCC1. The Balaban J connectivity index is 2.21. The monoisotopic (exact) mass is 265 g/mol. The molecule has 1 aliphatic rings. The Kier molecular flexibility index (Phi) is 3.99. The standard InChI is InChI=1S/C13H15NO5/c15-11(16)7-14(10-3-1-2-4-10)13(18)9-5-6-12(17)19-8-9/h5-6,8,10H,1-4,7H2,(H,15,16). The fourth-order valence-electron chi connectivity index (χ4n) is 2.37. The van der Waals surface area contributed by atoms with Gasteiger partial charge in [0.15, 0.2) is 0 Å². The smallest absolute Gasteiger partial charge is 0.335 e. The van der Waals surface area contributed by atoms with Gasteiger partial charge in [-0.1, -0.05) is 12.8 Å². The van der Waals surface area contributed by atoms with E-state index in [2.05, 4.69) is 4.42 Å². The molecule has 0 bridgehead atoms. The maximum Gasteiger partial charge on any atom is 0.335 e. The van der Waals surface area contributed by atoms with Crippen LogP contribution in [0.3, 0.4) is 0 Å². The van der Waals surface area contributed by atoms with Crippen LogP contribution in [0.2, 0.25) is 0 Å². The summed E-state index contributed by atoms with van der Waals surface area (Å²) in [5.41, 5.74) is -0.338. The number of carbonyl (C=O) groups excluding carboxylic acids is 1. The Labute approximate surface area is 109 Å². The molecule has 1 aliphatic carbocycles. The van der Waals surface area contributed by atoms with Gasteiger partial charge >= 0.3 is 11.6 Å². The lowest BCUT2D eigenvalue weighted by Gasteiger charge is -2.27.